The van der Waals surface area contributed by atoms with Crippen molar-refractivity contribution in [2.75, 3.05) is 6.54 Å². The lowest BCUT2D eigenvalue weighted by Crippen LogP contribution is -2.32. The van der Waals surface area contributed by atoms with Gasteiger partial charge in [0.05, 0.1) is 11.6 Å². The average molecular weight is 341 g/mol. The lowest BCUT2D eigenvalue weighted by Gasteiger charge is -2.23. The number of hydrogen-bond donors (Lipinski definition) is 2. The number of pyridine rings is 1. The number of hydrogen-bond acceptors (Lipinski definition) is 4. The fourth-order valence-electron chi connectivity index (χ4n) is 3.34. The van der Waals surface area contributed by atoms with E-state index in [0.29, 0.717) is 29.1 Å². The number of fused-ring (bicyclic) bond motifs is 1. The van der Waals surface area contributed by atoms with Crippen LogP contribution in [0.25, 0.3) is 10.9 Å². The van der Waals surface area contributed by atoms with Gasteiger partial charge in [0, 0.05) is 23.5 Å². The summed E-state index contributed by atoms with van der Waals surface area (Å²) in [7, 11) is 0. The number of aromatic amines is 2. The quantitative estimate of drug-likeness (QED) is 0.746. The standard InChI is InChI=1S/C17H16FN5O2/c1-9-19-16(22-21-9)14-3-2-6-23(14)17(25)12-8-15(24)20-13-5-4-10(18)7-11(12)13/h4-5,7-8,14H,2-3,6H2,1H3,(H,20,24)(H,19,21,22). The molecular formula is C17H16FN5O2. The molecule has 0 aliphatic carbocycles. The minimum Gasteiger partial charge on any atom is -0.328 e. The molecule has 2 N–H and O–H groups in total. The molecule has 3 heterocycles. The highest BCUT2D eigenvalue weighted by molar-refractivity contribution is 6.06. The van der Waals surface area contributed by atoms with E-state index in [4.69, 9.17) is 0 Å². The highest BCUT2D eigenvalue weighted by atomic mass is 19.1. The Hall–Kier alpha value is -3.03. The maximum atomic E-state index is 13.7. The smallest absolute Gasteiger partial charge is 0.255 e. The molecule has 0 radical (unpaired) electrons. The molecule has 2 aromatic heterocycles. The van der Waals surface area contributed by atoms with Crippen LogP contribution in [0.5, 0.6) is 0 Å². The van der Waals surface area contributed by atoms with Crippen LogP contribution in [0.2, 0.25) is 0 Å². The predicted octanol–water partition coefficient (Wildman–Crippen LogP) is 2.07. The van der Waals surface area contributed by atoms with E-state index in [2.05, 4.69) is 20.2 Å². The van der Waals surface area contributed by atoms with Gasteiger partial charge in [-0.15, -0.1) is 0 Å². The van der Waals surface area contributed by atoms with Gasteiger partial charge >= 0.3 is 0 Å². The second-order valence-electron chi connectivity index (χ2n) is 6.17. The zero-order chi connectivity index (χ0) is 17.6. The molecule has 3 aromatic rings. The Labute approximate surface area is 141 Å². The highest BCUT2D eigenvalue weighted by Crippen LogP contribution is 2.32. The van der Waals surface area contributed by atoms with Crippen LogP contribution in [-0.4, -0.2) is 37.5 Å². The third-order valence-electron chi connectivity index (χ3n) is 4.46. The summed E-state index contributed by atoms with van der Waals surface area (Å²) in [5.74, 6) is 0.462. The molecule has 1 amide bonds. The summed E-state index contributed by atoms with van der Waals surface area (Å²) < 4.78 is 13.7. The van der Waals surface area contributed by atoms with Gasteiger partial charge in [-0.05, 0) is 38.0 Å². The first-order chi connectivity index (χ1) is 12.0. The number of H-pyrrole nitrogens is 2. The first-order valence-corrected chi connectivity index (χ1v) is 8.05. The number of carbonyl (C=O) groups excluding carboxylic acids is 1. The van der Waals surface area contributed by atoms with Gasteiger partial charge < -0.3 is 9.88 Å². The fraction of sp³-hybridized carbons (Fsp3) is 0.294. The van der Waals surface area contributed by atoms with E-state index in [-0.39, 0.29) is 17.5 Å². The monoisotopic (exact) mass is 341 g/mol. The van der Waals surface area contributed by atoms with E-state index in [9.17, 15) is 14.0 Å². The molecular weight excluding hydrogens is 325 g/mol. The third kappa shape index (κ3) is 2.69. The van der Waals surface area contributed by atoms with Crippen LogP contribution in [0.3, 0.4) is 0 Å². The van der Waals surface area contributed by atoms with Crippen molar-refractivity contribution in [3.63, 3.8) is 0 Å². The summed E-state index contributed by atoms with van der Waals surface area (Å²) in [6.45, 7) is 2.34. The van der Waals surface area contributed by atoms with Gasteiger partial charge in [0.1, 0.15) is 11.6 Å². The molecule has 1 aromatic carbocycles. The zero-order valence-corrected chi connectivity index (χ0v) is 13.5. The van der Waals surface area contributed by atoms with Gasteiger partial charge in [0.25, 0.3) is 5.91 Å². The molecule has 1 aliphatic heterocycles. The van der Waals surface area contributed by atoms with Crippen LogP contribution >= 0.6 is 0 Å². The summed E-state index contributed by atoms with van der Waals surface area (Å²) in [4.78, 5) is 33.6. The summed E-state index contributed by atoms with van der Waals surface area (Å²) in [5, 5.41) is 7.34. The lowest BCUT2D eigenvalue weighted by atomic mass is 10.1. The molecule has 1 fully saturated rings. The van der Waals surface area contributed by atoms with E-state index in [1.807, 2.05) is 0 Å². The Balaban J connectivity index is 1.79. The number of halogens is 1. The maximum Gasteiger partial charge on any atom is 0.255 e. The Bertz CT molecular complexity index is 1030. The molecule has 7 nitrogen and oxygen atoms in total. The van der Waals surface area contributed by atoms with Gasteiger partial charge in [-0.2, -0.15) is 5.10 Å². The zero-order valence-electron chi connectivity index (χ0n) is 13.5. The first-order valence-electron chi connectivity index (χ1n) is 8.05. The van der Waals surface area contributed by atoms with E-state index in [0.717, 1.165) is 12.8 Å². The summed E-state index contributed by atoms with van der Waals surface area (Å²) >= 11 is 0. The van der Waals surface area contributed by atoms with Crippen molar-refractivity contribution in [3.8, 4) is 0 Å². The van der Waals surface area contributed by atoms with Crippen molar-refractivity contribution in [2.45, 2.75) is 25.8 Å². The Morgan fingerprint density at radius 3 is 2.96 bits per heavy atom. The van der Waals surface area contributed by atoms with Crippen molar-refractivity contribution in [1.29, 1.82) is 0 Å². The van der Waals surface area contributed by atoms with E-state index in [1.165, 1.54) is 24.3 Å². The SMILES string of the molecule is Cc1nc(C2CCCN2C(=O)c2cc(=O)[nH]c3ccc(F)cc23)n[nH]1. The molecule has 4 rings (SSSR count). The van der Waals surface area contributed by atoms with Crippen LogP contribution < -0.4 is 5.56 Å². The van der Waals surface area contributed by atoms with E-state index in [1.54, 1.807) is 11.8 Å². The normalized spacial score (nSPS) is 17.4. The number of amides is 1. The number of aryl methyl sites for hydroxylation is 1. The van der Waals surface area contributed by atoms with Crippen LogP contribution in [0.1, 0.15) is 40.9 Å². The van der Waals surface area contributed by atoms with Crippen molar-refractivity contribution in [1.82, 2.24) is 25.1 Å². The van der Waals surface area contributed by atoms with Gasteiger partial charge in [0.2, 0.25) is 5.56 Å². The number of aromatic nitrogens is 4. The molecule has 0 spiro atoms. The first kappa shape index (κ1) is 15.5. The molecule has 128 valence electrons. The summed E-state index contributed by atoms with van der Waals surface area (Å²) in [6, 6.07) is 4.95. The fourth-order valence-corrected chi connectivity index (χ4v) is 3.34. The molecule has 1 saturated heterocycles. The van der Waals surface area contributed by atoms with Crippen LogP contribution in [0.15, 0.2) is 29.1 Å². The average Bonchev–Trinajstić information content (AvgIpc) is 3.22. The van der Waals surface area contributed by atoms with Gasteiger partial charge in [-0.3, -0.25) is 14.7 Å². The van der Waals surface area contributed by atoms with Crippen LogP contribution in [-0.2, 0) is 0 Å². The number of likely N-dealkylation sites (tertiary alicyclic amines) is 1. The highest BCUT2D eigenvalue weighted by Gasteiger charge is 2.34. The second kappa shape index (κ2) is 5.80. The van der Waals surface area contributed by atoms with Crippen molar-refractivity contribution in [3.05, 3.63) is 57.6 Å². The topological polar surface area (TPSA) is 94.7 Å². The number of rotatable bonds is 2. The number of nitrogens with zero attached hydrogens (tertiary/aromatic N) is 3. The minimum atomic E-state index is -0.462. The lowest BCUT2D eigenvalue weighted by molar-refractivity contribution is 0.0732. The summed E-state index contributed by atoms with van der Waals surface area (Å²) in [5.41, 5.74) is 0.228. The van der Waals surface area contributed by atoms with Gasteiger partial charge in [0.15, 0.2) is 5.82 Å². The Kier molecular flexibility index (Phi) is 3.60. The largest absolute Gasteiger partial charge is 0.328 e. The van der Waals surface area contributed by atoms with Crippen molar-refractivity contribution >= 4 is 16.8 Å². The number of benzene rings is 1. The molecule has 1 atom stereocenters. The van der Waals surface area contributed by atoms with Crippen molar-refractivity contribution in [2.24, 2.45) is 0 Å². The third-order valence-corrected chi connectivity index (χ3v) is 4.46. The van der Waals surface area contributed by atoms with E-state index >= 15 is 0 Å². The number of carbonyl (C=O) groups is 1. The van der Waals surface area contributed by atoms with Gasteiger partial charge in [-0.1, -0.05) is 0 Å². The van der Waals surface area contributed by atoms with E-state index < -0.39 is 11.4 Å². The van der Waals surface area contributed by atoms with Gasteiger partial charge in [-0.25, -0.2) is 9.37 Å². The molecule has 8 heteroatoms. The second-order valence-corrected chi connectivity index (χ2v) is 6.17. The molecule has 25 heavy (non-hydrogen) atoms. The maximum absolute atomic E-state index is 13.7. The Morgan fingerprint density at radius 1 is 1.36 bits per heavy atom. The number of nitrogens with one attached hydrogen (secondary N) is 2. The minimum absolute atomic E-state index is 0.192. The van der Waals surface area contributed by atoms with Crippen LogP contribution in [0.4, 0.5) is 4.39 Å². The molecule has 0 bridgehead atoms. The van der Waals surface area contributed by atoms with Crippen LogP contribution in [0, 0.1) is 12.7 Å². The molecule has 0 saturated carbocycles. The molecule has 1 unspecified atom stereocenters. The summed E-state index contributed by atoms with van der Waals surface area (Å²) in [6.07, 6.45) is 1.57. The predicted molar refractivity (Wildman–Crippen MR) is 88.7 cm³/mol. The molecule has 1 aliphatic rings. The van der Waals surface area contributed by atoms with Crippen molar-refractivity contribution < 1.29 is 9.18 Å². The Morgan fingerprint density at radius 2 is 2.20 bits per heavy atom.